The van der Waals surface area contributed by atoms with Gasteiger partial charge in [0.15, 0.2) is 5.69 Å². The van der Waals surface area contributed by atoms with E-state index in [2.05, 4.69) is 15.4 Å². The number of hydrogen-bond donors (Lipinski definition) is 1. The number of carboxylic acids is 1. The van der Waals surface area contributed by atoms with Gasteiger partial charge >= 0.3 is 5.97 Å². The maximum Gasteiger partial charge on any atom is 0.379 e. The van der Waals surface area contributed by atoms with E-state index in [0.717, 1.165) is 6.20 Å². The zero-order valence-corrected chi connectivity index (χ0v) is 6.32. The monoisotopic (exact) mass is 187 g/mol. The highest BCUT2D eigenvalue weighted by Gasteiger charge is 2.19. The Kier molecular flexibility index (Phi) is 2.29. The molecule has 6 nitrogen and oxygen atoms in total. The van der Waals surface area contributed by atoms with E-state index in [1.165, 1.54) is 0 Å². The Balaban J connectivity index is 3.11. The van der Waals surface area contributed by atoms with Crippen molar-refractivity contribution in [3.05, 3.63) is 16.9 Å². The lowest BCUT2D eigenvalue weighted by molar-refractivity contribution is -0.131. The first-order valence-corrected chi connectivity index (χ1v) is 3.12. The number of carboxylic acid groups (broad SMARTS) is 1. The first-order valence-electron chi connectivity index (χ1n) is 2.74. The van der Waals surface area contributed by atoms with Crippen molar-refractivity contribution in [2.75, 3.05) is 0 Å². The fraction of sp³-hybridized carbons (Fsp3) is 0. The number of nitrogens with zero attached hydrogens (tertiary/aromatic N) is 3. The summed E-state index contributed by atoms with van der Waals surface area (Å²) >= 11 is 5.41. The molecule has 0 spiro atoms. The van der Waals surface area contributed by atoms with Gasteiger partial charge in [-0.05, 0) is 5.21 Å². The van der Waals surface area contributed by atoms with Gasteiger partial charge in [0.1, 0.15) is 0 Å². The predicted molar refractivity (Wildman–Crippen MR) is 36.8 cm³/mol. The lowest BCUT2D eigenvalue weighted by Gasteiger charge is -1.93. The molecule has 1 aromatic rings. The Hall–Kier alpha value is -1.56. The maximum absolute atomic E-state index is 10.8. The van der Waals surface area contributed by atoms with Crippen molar-refractivity contribution in [3.63, 3.8) is 0 Å². The first-order chi connectivity index (χ1) is 5.63. The van der Waals surface area contributed by atoms with Crippen molar-refractivity contribution in [1.82, 2.24) is 15.4 Å². The van der Waals surface area contributed by atoms with Gasteiger partial charge in [0.25, 0.3) is 5.78 Å². The molecule has 62 valence electrons. The van der Waals surface area contributed by atoms with Crippen molar-refractivity contribution < 1.29 is 14.7 Å². The SMILES string of the molecule is O=C(O)C(=O)c1nnncc1Cl. The van der Waals surface area contributed by atoms with Gasteiger partial charge in [-0.2, -0.15) is 0 Å². The quantitative estimate of drug-likeness (QED) is 0.509. The average molecular weight is 188 g/mol. The Morgan fingerprint density at radius 2 is 2.17 bits per heavy atom. The molecule has 0 aliphatic rings. The van der Waals surface area contributed by atoms with E-state index >= 15 is 0 Å². The van der Waals surface area contributed by atoms with Crippen molar-refractivity contribution >= 4 is 23.4 Å². The second-order valence-corrected chi connectivity index (χ2v) is 2.17. The third kappa shape index (κ3) is 1.54. The number of carbonyl (C=O) groups is 2. The minimum absolute atomic E-state index is 0.127. The largest absolute Gasteiger partial charge is 0.475 e. The van der Waals surface area contributed by atoms with E-state index in [-0.39, 0.29) is 5.02 Å². The number of aliphatic carboxylic acids is 1. The van der Waals surface area contributed by atoms with Crippen LogP contribution in [0.25, 0.3) is 0 Å². The summed E-state index contributed by atoms with van der Waals surface area (Å²) in [6, 6.07) is 0. The summed E-state index contributed by atoms with van der Waals surface area (Å²) in [4.78, 5) is 20.9. The van der Waals surface area contributed by atoms with Crippen molar-refractivity contribution in [3.8, 4) is 0 Å². The number of ketones is 1. The van der Waals surface area contributed by atoms with E-state index in [1.54, 1.807) is 0 Å². The fourth-order valence-corrected chi connectivity index (χ4v) is 0.678. The second kappa shape index (κ2) is 3.22. The number of halogens is 1. The smallest absolute Gasteiger partial charge is 0.379 e. The minimum atomic E-state index is -1.63. The normalized spacial score (nSPS) is 9.42. The van der Waals surface area contributed by atoms with E-state index in [1.807, 2.05) is 0 Å². The minimum Gasteiger partial charge on any atom is -0.475 e. The van der Waals surface area contributed by atoms with Crippen LogP contribution < -0.4 is 0 Å². The van der Waals surface area contributed by atoms with Crippen LogP contribution in [0.15, 0.2) is 6.20 Å². The van der Waals surface area contributed by atoms with Gasteiger partial charge in [-0.15, -0.1) is 10.2 Å². The Morgan fingerprint density at radius 1 is 1.50 bits per heavy atom. The topological polar surface area (TPSA) is 93.0 Å². The van der Waals surface area contributed by atoms with Crippen LogP contribution in [0.5, 0.6) is 0 Å². The number of rotatable bonds is 2. The summed E-state index contributed by atoms with van der Waals surface area (Å²) in [5.41, 5.74) is -0.404. The van der Waals surface area contributed by atoms with Crippen molar-refractivity contribution in [1.29, 1.82) is 0 Å². The summed E-state index contributed by atoms with van der Waals surface area (Å²) in [7, 11) is 0. The van der Waals surface area contributed by atoms with Crippen LogP contribution in [-0.4, -0.2) is 32.3 Å². The van der Waals surface area contributed by atoms with E-state index in [9.17, 15) is 9.59 Å². The van der Waals surface area contributed by atoms with Crippen LogP contribution in [0.1, 0.15) is 10.5 Å². The first kappa shape index (κ1) is 8.54. The molecule has 12 heavy (non-hydrogen) atoms. The van der Waals surface area contributed by atoms with Gasteiger partial charge in [0, 0.05) is 0 Å². The highest BCUT2D eigenvalue weighted by atomic mass is 35.5. The molecule has 7 heteroatoms. The van der Waals surface area contributed by atoms with Crippen LogP contribution in [-0.2, 0) is 4.79 Å². The molecule has 0 fully saturated rings. The van der Waals surface area contributed by atoms with Gasteiger partial charge in [0.2, 0.25) is 0 Å². The summed E-state index contributed by atoms with van der Waals surface area (Å²) in [5.74, 6) is -2.83. The molecule has 0 aliphatic carbocycles. The molecular weight excluding hydrogens is 186 g/mol. The number of hydrogen-bond acceptors (Lipinski definition) is 5. The zero-order valence-electron chi connectivity index (χ0n) is 5.56. The fourth-order valence-electron chi connectivity index (χ4n) is 0.511. The van der Waals surface area contributed by atoms with Crippen LogP contribution in [0, 0.1) is 0 Å². The maximum atomic E-state index is 10.8. The predicted octanol–water partition coefficient (Wildman–Crippen LogP) is -0.208. The Bertz CT molecular complexity index is 340. The molecule has 0 saturated carbocycles. The second-order valence-electron chi connectivity index (χ2n) is 1.76. The Morgan fingerprint density at radius 3 is 2.67 bits per heavy atom. The molecule has 0 amide bonds. The average Bonchev–Trinajstić information content (AvgIpc) is 2.04. The van der Waals surface area contributed by atoms with Gasteiger partial charge in [-0.1, -0.05) is 11.6 Å². The Labute approximate surface area is 71.2 Å². The summed E-state index contributed by atoms with van der Waals surface area (Å²) < 4.78 is 0. The number of aromatic nitrogens is 3. The summed E-state index contributed by atoms with van der Waals surface area (Å²) in [5, 5.41) is 17.6. The van der Waals surface area contributed by atoms with Crippen molar-refractivity contribution in [2.24, 2.45) is 0 Å². The van der Waals surface area contributed by atoms with E-state index < -0.39 is 17.4 Å². The van der Waals surface area contributed by atoms with E-state index in [4.69, 9.17) is 16.7 Å². The van der Waals surface area contributed by atoms with Gasteiger partial charge < -0.3 is 5.11 Å². The standard InChI is InChI=1S/C5H2ClN3O3/c6-2-1-7-9-8-3(2)4(10)5(11)12/h1H,(H,11,12). The molecule has 0 aromatic carbocycles. The van der Waals surface area contributed by atoms with Gasteiger partial charge in [-0.25, -0.2) is 4.79 Å². The van der Waals surface area contributed by atoms with Gasteiger partial charge in [-0.3, -0.25) is 4.79 Å². The number of Topliss-reactive ketones (excluding diaryl/α,β-unsaturated/α-hetero) is 1. The highest BCUT2D eigenvalue weighted by Crippen LogP contribution is 2.09. The molecule has 0 bridgehead atoms. The third-order valence-corrected chi connectivity index (χ3v) is 1.28. The summed E-state index contributed by atoms with van der Waals surface area (Å²) in [6.07, 6.45) is 1.05. The molecule has 1 N–H and O–H groups in total. The highest BCUT2D eigenvalue weighted by molar-refractivity contribution is 6.44. The van der Waals surface area contributed by atoms with Crippen molar-refractivity contribution in [2.45, 2.75) is 0 Å². The summed E-state index contributed by atoms with van der Waals surface area (Å²) in [6.45, 7) is 0. The lowest BCUT2D eigenvalue weighted by Crippen LogP contribution is -2.15. The molecule has 0 unspecified atom stereocenters. The molecular formula is C5H2ClN3O3. The molecule has 0 aliphatic heterocycles. The number of carbonyl (C=O) groups excluding carboxylic acids is 1. The molecule has 1 rings (SSSR count). The molecule has 1 aromatic heterocycles. The van der Waals surface area contributed by atoms with Gasteiger partial charge in [0.05, 0.1) is 11.2 Å². The zero-order chi connectivity index (χ0) is 9.14. The molecule has 0 atom stereocenters. The van der Waals surface area contributed by atoms with Crippen LogP contribution in [0.2, 0.25) is 5.02 Å². The lowest BCUT2D eigenvalue weighted by atomic mass is 10.3. The third-order valence-electron chi connectivity index (χ3n) is 1.00. The van der Waals surface area contributed by atoms with Crippen LogP contribution in [0.3, 0.4) is 0 Å². The van der Waals surface area contributed by atoms with Crippen LogP contribution >= 0.6 is 11.6 Å². The molecule has 0 saturated heterocycles. The van der Waals surface area contributed by atoms with Crippen LogP contribution in [0.4, 0.5) is 0 Å². The molecule has 0 radical (unpaired) electrons. The van der Waals surface area contributed by atoms with E-state index in [0.29, 0.717) is 0 Å². The molecule has 1 heterocycles.